The van der Waals surface area contributed by atoms with E-state index in [2.05, 4.69) is 34.4 Å². The molecule has 0 bridgehead atoms. The third-order valence-corrected chi connectivity index (χ3v) is 3.32. The lowest BCUT2D eigenvalue weighted by atomic mass is 10.2. The summed E-state index contributed by atoms with van der Waals surface area (Å²) < 4.78 is 2.20. The zero-order valence-corrected chi connectivity index (χ0v) is 11.6. The van der Waals surface area contributed by atoms with Crippen LogP contribution in [0.25, 0.3) is 22.4 Å². The molecular weight excluding hydrogens is 250 g/mol. The van der Waals surface area contributed by atoms with Crippen molar-refractivity contribution in [3.63, 3.8) is 0 Å². The van der Waals surface area contributed by atoms with Crippen LogP contribution in [0.1, 0.15) is 25.5 Å². The lowest BCUT2D eigenvalue weighted by Gasteiger charge is -2.12. The normalized spacial score (nSPS) is 11.4. The van der Waals surface area contributed by atoms with Crippen molar-refractivity contribution in [3.8, 4) is 11.4 Å². The summed E-state index contributed by atoms with van der Waals surface area (Å²) in [7, 11) is 0. The molecule has 0 saturated carbocycles. The molecule has 2 aromatic heterocycles. The molecule has 0 spiro atoms. The van der Waals surface area contributed by atoms with Crippen molar-refractivity contribution in [1.82, 2.24) is 19.5 Å². The molecule has 2 N–H and O–H groups in total. The molecule has 0 aliphatic carbocycles. The van der Waals surface area contributed by atoms with Crippen molar-refractivity contribution in [1.29, 1.82) is 0 Å². The fourth-order valence-electron chi connectivity index (χ4n) is 2.41. The third kappa shape index (κ3) is 2.06. The first-order valence-electron chi connectivity index (χ1n) is 6.67. The van der Waals surface area contributed by atoms with Crippen LogP contribution in [0.5, 0.6) is 0 Å². The maximum absolute atomic E-state index is 5.70. The molecule has 5 heteroatoms. The summed E-state index contributed by atoms with van der Waals surface area (Å²) in [5.41, 5.74) is 9.78. The largest absolute Gasteiger partial charge is 0.326 e. The Bertz CT molecular complexity index is 731. The van der Waals surface area contributed by atoms with E-state index in [-0.39, 0.29) is 0 Å². The first kappa shape index (κ1) is 12.7. The summed E-state index contributed by atoms with van der Waals surface area (Å²) in [4.78, 5) is 12.9. The Morgan fingerprint density at radius 1 is 1.20 bits per heavy atom. The van der Waals surface area contributed by atoms with Gasteiger partial charge in [-0.25, -0.2) is 15.0 Å². The molecule has 102 valence electrons. The van der Waals surface area contributed by atoms with Gasteiger partial charge in [-0.1, -0.05) is 6.07 Å². The van der Waals surface area contributed by atoms with Gasteiger partial charge in [-0.05, 0) is 31.5 Å². The molecule has 0 unspecified atom stereocenters. The van der Waals surface area contributed by atoms with E-state index in [1.54, 1.807) is 12.4 Å². The Morgan fingerprint density at radius 3 is 2.60 bits per heavy atom. The Labute approximate surface area is 117 Å². The highest BCUT2D eigenvalue weighted by atomic mass is 15.1. The first-order valence-corrected chi connectivity index (χ1v) is 6.67. The summed E-state index contributed by atoms with van der Waals surface area (Å²) in [6.45, 7) is 4.81. The van der Waals surface area contributed by atoms with Crippen molar-refractivity contribution in [2.45, 2.75) is 26.4 Å². The van der Waals surface area contributed by atoms with Crippen molar-refractivity contribution >= 4 is 11.0 Å². The molecule has 5 nitrogen and oxygen atoms in total. The summed E-state index contributed by atoms with van der Waals surface area (Å²) >= 11 is 0. The average molecular weight is 267 g/mol. The lowest BCUT2D eigenvalue weighted by Crippen LogP contribution is -2.03. The predicted molar refractivity (Wildman–Crippen MR) is 79.0 cm³/mol. The van der Waals surface area contributed by atoms with E-state index in [1.807, 2.05) is 12.1 Å². The standard InChI is InChI=1S/C15H17N5/c1-10(2)20-14-4-3-11(6-16)5-13(14)19-15(20)12-7-17-9-18-8-12/h3-5,7-10H,6,16H2,1-2H3. The molecule has 0 amide bonds. The van der Waals surface area contributed by atoms with Crippen LogP contribution in [0.2, 0.25) is 0 Å². The summed E-state index contributed by atoms with van der Waals surface area (Å²) in [6.07, 6.45) is 5.10. The fourth-order valence-corrected chi connectivity index (χ4v) is 2.41. The molecule has 1 aromatic carbocycles. The molecule has 0 aliphatic heterocycles. The van der Waals surface area contributed by atoms with Gasteiger partial charge in [0.2, 0.25) is 0 Å². The van der Waals surface area contributed by atoms with Gasteiger partial charge in [0.1, 0.15) is 12.2 Å². The van der Waals surface area contributed by atoms with E-state index in [0.717, 1.165) is 28.0 Å². The van der Waals surface area contributed by atoms with Crippen molar-refractivity contribution < 1.29 is 0 Å². The smallest absolute Gasteiger partial charge is 0.144 e. The van der Waals surface area contributed by atoms with Gasteiger partial charge in [0, 0.05) is 25.0 Å². The molecule has 3 aromatic rings. The van der Waals surface area contributed by atoms with Crippen LogP contribution in [0.3, 0.4) is 0 Å². The van der Waals surface area contributed by atoms with Crippen LogP contribution >= 0.6 is 0 Å². The van der Waals surface area contributed by atoms with Gasteiger partial charge in [0.15, 0.2) is 0 Å². The SMILES string of the molecule is CC(C)n1c(-c2cncnc2)nc2cc(CN)ccc21. The molecule has 0 aliphatic rings. The maximum atomic E-state index is 5.70. The second-order valence-corrected chi connectivity index (χ2v) is 5.05. The Hall–Kier alpha value is -2.27. The van der Waals surface area contributed by atoms with Crippen LogP contribution < -0.4 is 5.73 Å². The lowest BCUT2D eigenvalue weighted by molar-refractivity contribution is 0.624. The average Bonchev–Trinajstić information content (AvgIpc) is 2.86. The molecule has 0 atom stereocenters. The zero-order chi connectivity index (χ0) is 14.1. The summed E-state index contributed by atoms with van der Waals surface area (Å²) in [5.74, 6) is 0.893. The van der Waals surface area contributed by atoms with Crippen LogP contribution in [0, 0.1) is 0 Å². The van der Waals surface area contributed by atoms with Gasteiger partial charge in [0.25, 0.3) is 0 Å². The molecule has 3 rings (SSSR count). The van der Waals surface area contributed by atoms with E-state index in [0.29, 0.717) is 12.6 Å². The van der Waals surface area contributed by atoms with Gasteiger partial charge in [-0.2, -0.15) is 0 Å². The van der Waals surface area contributed by atoms with Crippen molar-refractivity contribution in [2.75, 3.05) is 0 Å². The number of fused-ring (bicyclic) bond motifs is 1. The van der Waals surface area contributed by atoms with E-state index < -0.39 is 0 Å². The molecular formula is C15H17N5. The monoisotopic (exact) mass is 267 g/mol. The first-order chi connectivity index (χ1) is 9.70. The molecule has 0 fully saturated rings. The van der Waals surface area contributed by atoms with Crippen LogP contribution in [0.4, 0.5) is 0 Å². The minimum atomic E-state index is 0.305. The number of nitrogens with zero attached hydrogens (tertiary/aromatic N) is 4. The number of nitrogens with two attached hydrogens (primary N) is 1. The predicted octanol–water partition coefficient (Wildman–Crippen LogP) is 2.53. The van der Waals surface area contributed by atoms with E-state index >= 15 is 0 Å². The van der Waals surface area contributed by atoms with Gasteiger partial charge in [-0.15, -0.1) is 0 Å². The van der Waals surface area contributed by atoms with E-state index in [9.17, 15) is 0 Å². The molecule has 2 heterocycles. The number of benzene rings is 1. The zero-order valence-electron chi connectivity index (χ0n) is 11.6. The van der Waals surface area contributed by atoms with Crippen molar-refractivity contribution in [3.05, 3.63) is 42.5 Å². The highest BCUT2D eigenvalue weighted by molar-refractivity contribution is 5.81. The van der Waals surface area contributed by atoms with E-state index in [1.165, 1.54) is 6.33 Å². The van der Waals surface area contributed by atoms with Crippen LogP contribution in [-0.4, -0.2) is 19.5 Å². The topological polar surface area (TPSA) is 69.6 Å². The van der Waals surface area contributed by atoms with Crippen LogP contribution in [0.15, 0.2) is 36.9 Å². The van der Waals surface area contributed by atoms with Gasteiger partial charge >= 0.3 is 0 Å². The Kier molecular flexibility index (Phi) is 3.20. The summed E-state index contributed by atoms with van der Waals surface area (Å²) in [6, 6.07) is 6.48. The minimum absolute atomic E-state index is 0.305. The third-order valence-electron chi connectivity index (χ3n) is 3.32. The Morgan fingerprint density at radius 2 is 1.95 bits per heavy atom. The molecule has 0 radical (unpaired) electrons. The quantitative estimate of drug-likeness (QED) is 0.791. The molecule has 0 saturated heterocycles. The fraction of sp³-hybridized carbons (Fsp3) is 0.267. The maximum Gasteiger partial charge on any atom is 0.144 e. The van der Waals surface area contributed by atoms with E-state index in [4.69, 9.17) is 10.7 Å². The number of hydrogen-bond donors (Lipinski definition) is 1. The highest BCUT2D eigenvalue weighted by Crippen LogP contribution is 2.28. The molecule has 20 heavy (non-hydrogen) atoms. The number of rotatable bonds is 3. The Balaban J connectivity index is 2.28. The second-order valence-electron chi connectivity index (χ2n) is 5.05. The number of aromatic nitrogens is 4. The number of hydrogen-bond acceptors (Lipinski definition) is 4. The van der Waals surface area contributed by atoms with Gasteiger partial charge in [-0.3, -0.25) is 0 Å². The summed E-state index contributed by atoms with van der Waals surface area (Å²) in [5, 5.41) is 0. The van der Waals surface area contributed by atoms with Gasteiger partial charge in [0.05, 0.1) is 16.6 Å². The van der Waals surface area contributed by atoms with Gasteiger partial charge < -0.3 is 10.3 Å². The van der Waals surface area contributed by atoms with Crippen LogP contribution in [-0.2, 0) is 6.54 Å². The highest BCUT2D eigenvalue weighted by Gasteiger charge is 2.15. The second kappa shape index (κ2) is 5.02. The van der Waals surface area contributed by atoms with Crippen molar-refractivity contribution in [2.24, 2.45) is 5.73 Å². The minimum Gasteiger partial charge on any atom is -0.326 e. The number of imidazole rings is 1.